The molecular weight excluding hydrogens is 362 g/mol. The minimum Gasteiger partial charge on any atom is -0.340 e. The standard InChI is InChI=1S/C24H25N3O2/c1-16(28)17-6-5-7-21(14-17)26-22-13-8-18(15-25-22)23(29)27-20-11-9-19(10-12-20)24(2,3)4/h5-15H,1-4H3,(H,25,26)(H,27,29). The van der Waals surface area contributed by atoms with E-state index < -0.39 is 0 Å². The Morgan fingerprint density at radius 1 is 0.862 bits per heavy atom. The van der Waals surface area contributed by atoms with E-state index in [4.69, 9.17) is 0 Å². The molecule has 3 rings (SSSR count). The van der Waals surface area contributed by atoms with Crippen molar-refractivity contribution in [3.05, 3.63) is 83.6 Å². The Hall–Kier alpha value is -3.47. The molecule has 29 heavy (non-hydrogen) atoms. The first-order chi connectivity index (χ1) is 13.7. The summed E-state index contributed by atoms with van der Waals surface area (Å²) in [5, 5.41) is 6.03. The molecule has 0 spiro atoms. The molecule has 0 aliphatic heterocycles. The van der Waals surface area contributed by atoms with Gasteiger partial charge in [0.2, 0.25) is 0 Å². The van der Waals surface area contributed by atoms with E-state index >= 15 is 0 Å². The van der Waals surface area contributed by atoms with E-state index in [2.05, 4.69) is 36.4 Å². The average molecular weight is 387 g/mol. The molecule has 0 bridgehead atoms. The molecule has 3 aromatic rings. The third kappa shape index (κ3) is 5.29. The van der Waals surface area contributed by atoms with Gasteiger partial charge >= 0.3 is 0 Å². The number of nitrogens with zero attached hydrogens (tertiary/aromatic N) is 1. The summed E-state index contributed by atoms with van der Waals surface area (Å²) in [5.74, 6) is 0.382. The van der Waals surface area contributed by atoms with E-state index in [9.17, 15) is 9.59 Å². The van der Waals surface area contributed by atoms with Crippen LogP contribution in [0.3, 0.4) is 0 Å². The summed E-state index contributed by atoms with van der Waals surface area (Å²) in [5.41, 5.74) is 3.88. The maximum absolute atomic E-state index is 12.5. The fourth-order valence-electron chi connectivity index (χ4n) is 2.82. The second kappa shape index (κ2) is 8.27. The molecule has 5 nitrogen and oxygen atoms in total. The van der Waals surface area contributed by atoms with Gasteiger partial charge in [-0.05, 0) is 54.3 Å². The minimum absolute atomic E-state index is 0.00385. The Balaban J connectivity index is 1.66. The zero-order chi connectivity index (χ0) is 21.0. The number of benzene rings is 2. The van der Waals surface area contributed by atoms with E-state index in [1.807, 2.05) is 36.4 Å². The molecule has 1 aromatic heterocycles. The largest absolute Gasteiger partial charge is 0.340 e. The van der Waals surface area contributed by atoms with Crippen LogP contribution in [0.4, 0.5) is 17.2 Å². The quantitative estimate of drug-likeness (QED) is 0.561. The summed E-state index contributed by atoms with van der Waals surface area (Å²) in [6.45, 7) is 7.98. The van der Waals surface area contributed by atoms with Crippen molar-refractivity contribution in [1.29, 1.82) is 0 Å². The van der Waals surface area contributed by atoms with Gasteiger partial charge in [0.1, 0.15) is 5.82 Å². The van der Waals surface area contributed by atoms with Crippen LogP contribution in [0.15, 0.2) is 66.9 Å². The maximum Gasteiger partial charge on any atom is 0.257 e. The van der Waals surface area contributed by atoms with Crippen molar-refractivity contribution in [2.24, 2.45) is 0 Å². The first-order valence-electron chi connectivity index (χ1n) is 9.48. The molecule has 0 saturated carbocycles. The van der Waals surface area contributed by atoms with Crippen LogP contribution in [0, 0.1) is 0 Å². The zero-order valence-electron chi connectivity index (χ0n) is 17.1. The summed E-state index contributed by atoms with van der Waals surface area (Å²) >= 11 is 0. The number of rotatable bonds is 5. The van der Waals surface area contributed by atoms with Crippen LogP contribution < -0.4 is 10.6 Å². The third-order valence-corrected chi connectivity index (χ3v) is 4.58. The monoisotopic (exact) mass is 387 g/mol. The lowest BCUT2D eigenvalue weighted by Crippen LogP contribution is -2.14. The van der Waals surface area contributed by atoms with E-state index in [0.717, 1.165) is 11.4 Å². The van der Waals surface area contributed by atoms with Gasteiger partial charge in [-0.3, -0.25) is 9.59 Å². The summed E-state index contributed by atoms with van der Waals surface area (Å²) in [6, 6.07) is 18.5. The van der Waals surface area contributed by atoms with Gasteiger partial charge in [0.15, 0.2) is 5.78 Å². The topological polar surface area (TPSA) is 71.1 Å². The highest BCUT2D eigenvalue weighted by Crippen LogP contribution is 2.24. The lowest BCUT2D eigenvalue weighted by molar-refractivity contribution is 0.101. The van der Waals surface area contributed by atoms with Crippen LogP contribution in [0.5, 0.6) is 0 Å². The van der Waals surface area contributed by atoms with Gasteiger partial charge in [0.05, 0.1) is 5.56 Å². The molecule has 0 aliphatic rings. The molecule has 0 unspecified atom stereocenters. The molecule has 0 radical (unpaired) electrons. The molecule has 5 heteroatoms. The molecule has 148 valence electrons. The Morgan fingerprint density at radius 2 is 1.59 bits per heavy atom. The normalized spacial score (nSPS) is 11.0. The fourth-order valence-corrected chi connectivity index (χ4v) is 2.82. The second-order valence-corrected chi connectivity index (χ2v) is 7.98. The number of carbonyl (C=O) groups is 2. The lowest BCUT2D eigenvalue weighted by atomic mass is 9.87. The number of Topliss-reactive ketones (excluding diaryl/α,β-unsaturated/α-hetero) is 1. The number of pyridine rings is 1. The van der Waals surface area contributed by atoms with Gasteiger partial charge in [-0.25, -0.2) is 4.98 Å². The molecule has 2 N–H and O–H groups in total. The van der Waals surface area contributed by atoms with E-state index in [1.54, 1.807) is 24.3 Å². The number of amides is 1. The molecule has 2 aromatic carbocycles. The van der Waals surface area contributed by atoms with Crippen LogP contribution in [0.25, 0.3) is 0 Å². The van der Waals surface area contributed by atoms with Crippen LogP contribution in [-0.4, -0.2) is 16.7 Å². The van der Waals surface area contributed by atoms with Crippen LogP contribution in [0.1, 0.15) is 54.0 Å². The highest BCUT2D eigenvalue weighted by molar-refractivity contribution is 6.04. The van der Waals surface area contributed by atoms with Crippen molar-refractivity contribution in [3.8, 4) is 0 Å². The van der Waals surface area contributed by atoms with Gasteiger partial charge in [0.25, 0.3) is 5.91 Å². The van der Waals surface area contributed by atoms with Crippen LogP contribution in [0.2, 0.25) is 0 Å². The number of carbonyl (C=O) groups excluding carboxylic acids is 2. The molecule has 0 fully saturated rings. The predicted molar refractivity (Wildman–Crippen MR) is 117 cm³/mol. The molecule has 1 amide bonds. The molecule has 0 saturated heterocycles. The van der Waals surface area contributed by atoms with Gasteiger partial charge < -0.3 is 10.6 Å². The number of hydrogen-bond donors (Lipinski definition) is 2. The van der Waals surface area contributed by atoms with E-state index in [-0.39, 0.29) is 17.1 Å². The van der Waals surface area contributed by atoms with Crippen molar-refractivity contribution >= 4 is 28.9 Å². The van der Waals surface area contributed by atoms with Crippen molar-refractivity contribution in [2.45, 2.75) is 33.1 Å². The van der Waals surface area contributed by atoms with Crippen LogP contribution in [-0.2, 0) is 5.41 Å². The van der Waals surface area contributed by atoms with Gasteiger partial charge in [-0.2, -0.15) is 0 Å². The third-order valence-electron chi connectivity index (χ3n) is 4.58. The molecule has 0 aliphatic carbocycles. The summed E-state index contributed by atoms with van der Waals surface area (Å²) < 4.78 is 0. The Morgan fingerprint density at radius 3 is 2.17 bits per heavy atom. The molecular formula is C24H25N3O2. The smallest absolute Gasteiger partial charge is 0.257 e. The molecule has 0 atom stereocenters. The minimum atomic E-state index is -0.217. The summed E-state index contributed by atoms with van der Waals surface area (Å²) in [4.78, 5) is 28.3. The van der Waals surface area contributed by atoms with Crippen LogP contribution >= 0.6 is 0 Å². The van der Waals surface area contributed by atoms with E-state index in [1.165, 1.54) is 18.7 Å². The van der Waals surface area contributed by atoms with Crippen molar-refractivity contribution in [1.82, 2.24) is 4.98 Å². The summed E-state index contributed by atoms with van der Waals surface area (Å²) in [6.07, 6.45) is 1.52. The number of aromatic nitrogens is 1. The molecule has 1 heterocycles. The van der Waals surface area contributed by atoms with Crippen molar-refractivity contribution in [2.75, 3.05) is 10.6 Å². The fraction of sp³-hybridized carbons (Fsp3) is 0.208. The number of nitrogens with one attached hydrogen (secondary N) is 2. The van der Waals surface area contributed by atoms with Gasteiger partial charge in [0, 0.05) is 23.1 Å². The van der Waals surface area contributed by atoms with Gasteiger partial charge in [-0.15, -0.1) is 0 Å². The number of anilines is 3. The number of hydrogen-bond acceptors (Lipinski definition) is 4. The highest BCUT2D eigenvalue weighted by Gasteiger charge is 2.13. The lowest BCUT2D eigenvalue weighted by Gasteiger charge is -2.19. The second-order valence-electron chi connectivity index (χ2n) is 7.98. The summed E-state index contributed by atoms with van der Waals surface area (Å²) in [7, 11) is 0. The predicted octanol–water partition coefficient (Wildman–Crippen LogP) is 5.58. The van der Waals surface area contributed by atoms with Crippen molar-refractivity contribution in [3.63, 3.8) is 0 Å². The zero-order valence-corrected chi connectivity index (χ0v) is 17.1. The first-order valence-corrected chi connectivity index (χ1v) is 9.48. The Kier molecular flexibility index (Phi) is 5.78. The van der Waals surface area contributed by atoms with E-state index in [0.29, 0.717) is 16.9 Å². The Labute approximate surface area is 171 Å². The SMILES string of the molecule is CC(=O)c1cccc(Nc2ccc(C(=O)Nc3ccc(C(C)(C)C)cc3)cn2)c1. The average Bonchev–Trinajstić information content (AvgIpc) is 2.68. The Bertz CT molecular complexity index is 1020. The highest BCUT2D eigenvalue weighted by atomic mass is 16.1. The first kappa shape index (κ1) is 20.3. The van der Waals surface area contributed by atoms with Gasteiger partial charge in [-0.1, -0.05) is 45.0 Å². The van der Waals surface area contributed by atoms with Crippen molar-refractivity contribution < 1.29 is 9.59 Å². The maximum atomic E-state index is 12.5. The number of ketones is 1.